The number of ether oxygens (including phenoxy) is 2. The molecular formula is C15H27NO4. The van der Waals surface area contributed by atoms with Gasteiger partial charge in [-0.25, -0.2) is 9.59 Å². The molecule has 1 unspecified atom stereocenters. The van der Waals surface area contributed by atoms with E-state index in [0.29, 0.717) is 26.2 Å². The zero-order chi connectivity index (χ0) is 14.8. The number of unbranched alkanes of at least 4 members (excludes halogenated alkanes) is 4. The van der Waals surface area contributed by atoms with Crippen molar-refractivity contribution in [2.45, 2.75) is 64.8 Å². The van der Waals surface area contributed by atoms with Gasteiger partial charge in [-0.3, -0.25) is 4.90 Å². The molecule has 0 N–H and O–H groups in total. The Morgan fingerprint density at radius 2 is 1.85 bits per heavy atom. The maximum atomic E-state index is 12.0. The molecule has 0 spiro atoms. The zero-order valence-corrected chi connectivity index (χ0v) is 12.7. The summed E-state index contributed by atoms with van der Waals surface area (Å²) in [4.78, 5) is 25.2. The normalized spacial score (nSPS) is 18.1. The first-order valence-electron chi connectivity index (χ1n) is 7.80. The molecule has 5 heteroatoms. The van der Waals surface area contributed by atoms with Crippen LogP contribution in [0, 0.1) is 0 Å². The lowest BCUT2D eigenvalue weighted by Crippen LogP contribution is -2.41. The van der Waals surface area contributed by atoms with Crippen LogP contribution in [0.3, 0.4) is 0 Å². The Morgan fingerprint density at radius 1 is 1.10 bits per heavy atom. The molecule has 1 saturated heterocycles. The second-order valence-electron chi connectivity index (χ2n) is 5.13. The number of rotatable bonds is 8. The highest BCUT2D eigenvalue weighted by Gasteiger charge is 2.35. The zero-order valence-electron chi connectivity index (χ0n) is 12.7. The minimum absolute atomic E-state index is 0.286. The third kappa shape index (κ3) is 5.39. The first-order chi connectivity index (χ1) is 9.70. The lowest BCUT2D eigenvalue weighted by molar-refractivity contribution is -0.148. The number of nitrogens with zero attached hydrogens (tertiary/aromatic N) is 1. The first kappa shape index (κ1) is 16.8. The van der Waals surface area contributed by atoms with E-state index in [2.05, 4.69) is 6.92 Å². The molecule has 1 fully saturated rings. The molecule has 5 nitrogen and oxygen atoms in total. The summed E-state index contributed by atoms with van der Waals surface area (Å²) in [5.41, 5.74) is 0. The van der Waals surface area contributed by atoms with Gasteiger partial charge in [-0.15, -0.1) is 0 Å². The van der Waals surface area contributed by atoms with Crippen molar-refractivity contribution in [3.05, 3.63) is 0 Å². The average molecular weight is 285 g/mol. The number of hydrogen-bond acceptors (Lipinski definition) is 4. The maximum Gasteiger partial charge on any atom is 0.410 e. The van der Waals surface area contributed by atoms with Crippen LogP contribution in [0.2, 0.25) is 0 Å². The summed E-state index contributed by atoms with van der Waals surface area (Å²) < 4.78 is 10.2. The van der Waals surface area contributed by atoms with Crippen LogP contribution in [0.5, 0.6) is 0 Å². The number of esters is 1. The van der Waals surface area contributed by atoms with E-state index in [-0.39, 0.29) is 5.97 Å². The smallest absolute Gasteiger partial charge is 0.410 e. The Hall–Kier alpha value is -1.26. The third-order valence-electron chi connectivity index (χ3n) is 3.52. The molecule has 1 rings (SSSR count). The summed E-state index contributed by atoms with van der Waals surface area (Å²) in [6.07, 6.45) is 6.71. The molecular weight excluding hydrogens is 258 g/mol. The van der Waals surface area contributed by atoms with Crippen LogP contribution >= 0.6 is 0 Å². The van der Waals surface area contributed by atoms with Crippen molar-refractivity contribution in [2.75, 3.05) is 19.8 Å². The second kappa shape index (κ2) is 9.61. The van der Waals surface area contributed by atoms with E-state index in [4.69, 9.17) is 9.47 Å². The van der Waals surface area contributed by atoms with E-state index in [1.165, 1.54) is 24.2 Å². The molecule has 1 heterocycles. The van der Waals surface area contributed by atoms with Gasteiger partial charge in [0, 0.05) is 6.54 Å². The molecule has 0 aliphatic carbocycles. The molecule has 0 aromatic heterocycles. The van der Waals surface area contributed by atoms with Crippen molar-refractivity contribution in [3.63, 3.8) is 0 Å². The van der Waals surface area contributed by atoms with E-state index >= 15 is 0 Å². The highest BCUT2D eigenvalue weighted by molar-refractivity contribution is 5.82. The topological polar surface area (TPSA) is 55.8 Å². The highest BCUT2D eigenvalue weighted by Crippen LogP contribution is 2.19. The van der Waals surface area contributed by atoms with Crippen LogP contribution in [-0.4, -0.2) is 42.8 Å². The van der Waals surface area contributed by atoms with Crippen LogP contribution in [-0.2, 0) is 14.3 Å². The Labute approximate surface area is 121 Å². The Morgan fingerprint density at radius 3 is 2.55 bits per heavy atom. The molecule has 116 valence electrons. The van der Waals surface area contributed by atoms with Crippen molar-refractivity contribution in [1.29, 1.82) is 0 Å². The summed E-state index contributed by atoms with van der Waals surface area (Å²) in [6.45, 7) is 5.29. The van der Waals surface area contributed by atoms with Gasteiger partial charge in [-0.1, -0.05) is 32.6 Å². The van der Waals surface area contributed by atoms with Crippen molar-refractivity contribution >= 4 is 12.1 Å². The predicted octanol–water partition coefficient (Wildman–Crippen LogP) is 3.12. The fourth-order valence-corrected chi connectivity index (χ4v) is 2.41. The lowest BCUT2D eigenvalue weighted by Gasteiger charge is -2.22. The van der Waals surface area contributed by atoms with E-state index in [0.717, 1.165) is 19.3 Å². The van der Waals surface area contributed by atoms with E-state index in [1.807, 2.05) is 0 Å². The van der Waals surface area contributed by atoms with Gasteiger partial charge in [0.1, 0.15) is 6.04 Å². The predicted molar refractivity (Wildman–Crippen MR) is 76.5 cm³/mol. The van der Waals surface area contributed by atoms with Gasteiger partial charge in [0.2, 0.25) is 0 Å². The summed E-state index contributed by atoms with van der Waals surface area (Å²) in [5, 5.41) is 0. The fourth-order valence-electron chi connectivity index (χ4n) is 2.41. The summed E-state index contributed by atoms with van der Waals surface area (Å²) in [7, 11) is 0. The number of likely N-dealkylation sites (tertiary alicyclic amines) is 1. The molecule has 0 aromatic rings. The van der Waals surface area contributed by atoms with Gasteiger partial charge in [0.25, 0.3) is 0 Å². The van der Waals surface area contributed by atoms with Crippen molar-refractivity contribution in [3.8, 4) is 0 Å². The van der Waals surface area contributed by atoms with Crippen LogP contribution in [0.4, 0.5) is 4.79 Å². The number of carbonyl (C=O) groups excluding carboxylic acids is 2. The highest BCUT2D eigenvalue weighted by atomic mass is 16.6. The second-order valence-corrected chi connectivity index (χ2v) is 5.13. The summed E-state index contributed by atoms with van der Waals surface area (Å²) in [5.74, 6) is -0.286. The van der Waals surface area contributed by atoms with Crippen LogP contribution in [0.1, 0.15) is 58.8 Å². The molecule has 0 bridgehead atoms. The molecule has 0 aromatic carbocycles. The minimum Gasteiger partial charge on any atom is -0.464 e. The van der Waals surface area contributed by atoms with Crippen LogP contribution in [0.15, 0.2) is 0 Å². The molecule has 0 saturated carbocycles. The van der Waals surface area contributed by atoms with Gasteiger partial charge in [-0.05, 0) is 26.2 Å². The van der Waals surface area contributed by atoms with Gasteiger partial charge in [0.15, 0.2) is 0 Å². The van der Waals surface area contributed by atoms with E-state index in [1.54, 1.807) is 6.92 Å². The first-order valence-corrected chi connectivity index (χ1v) is 7.80. The Balaban J connectivity index is 2.25. The lowest BCUT2D eigenvalue weighted by atomic mass is 10.2. The number of carbonyl (C=O) groups is 2. The molecule has 1 aliphatic heterocycles. The number of amides is 1. The van der Waals surface area contributed by atoms with E-state index < -0.39 is 12.1 Å². The van der Waals surface area contributed by atoms with Crippen LogP contribution < -0.4 is 0 Å². The molecule has 1 atom stereocenters. The Bertz CT molecular complexity index is 306. The average Bonchev–Trinajstić information content (AvgIpc) is 2.92. The SMILES string of the molecule is CCCCCCCOC(=O)C1CCCN1C(=O)OCC. The summed E-state index contributed by atoms with van der Waals surface area (Å²) >= 11 is 0. The molecule has 20 heavy (non-hydrogen) atoms. The van der Waals surface area contributed by atoms with Gasteiger partial charge in [-0.2, -0.15) is 0 Å². The number of hydrogen-bond donors (Lipinski definition) is 0. The van der Waals surface area contributed by atoms with E-state index in [9.17, 15) is 9.59 Å². The van der Waals surface area contributed by atoms with Crippen LogP contribution in [0.25, 0.3) is 0 Å². The summed E-state index contributed by atoms with van der Waals surface area (Å²) in [6, 6.07) is -0.454. The molecule has 1 amide bonds. The standard InChI is InChI=1S/C15H27NO4/c1-3-5-6-7-8-12-20-14(17)13-10-9-11-16(13)15(18)19-4-2/h13H,3-12H2,1-2H3. The van der Waals surface area contributed by atoms with Crippen molar-refractivity contribution in [2.24, 2.45) is 0 Å². The fraction of sp³-hybridized carbons (Fsp3) is 0.867. The van der Waals surface area contributed by atoms with Gasteiger partial charge >= 0.3 is 12.1 Å². The Kier molecular flexibility index (Phi) is 8.07. The monoisotopic (exact) mass is 285 g/mol. The molecule has 1 aliphatic rings. The molecule has 0 radical (unpaired) electrons. The third-order valence-corrected chi connectivity index (χ3v) is 3.52. The maximum absolute atomic E-state index is 12.0. The van der Waals surface area contributed by atoms with Crippen molar-refractivity contribution < 1.29 is 19.1 Å². The quantitative estimate of drug-likeness (QED) is 0.508. The minimum atomic E-state index is -0.454. The largest absolute Gasteiger partial charge is 0.464 e. The van der Waals surface area contributed by atoms with Gasteiger partial charge in [0.05, 0.1) is 13.2 Å². The van der Waals surface area contributed by atoms with Crippen molar-refractivity contribution in [1.82, 2.24) is 4.90 Å². The van der Waals surface area contributed by atoms with Gasteiger partial charge < -0.3 is 9.47 Å².